The molecule has 9 heteroatoms. The summed E-state index contributed by atoms with van der Waals surface area (Å²) in [5.41, 5.74) is 11.3. The number of esters is 2. The molecule has 0 aliphatic heterocycles. The highest BCUT2D eigenvalue weighted by atomic mass is 32.2. The SMILES string of the molecule is CSCC[C@H](N)C(=O)C=CC(=O)OC(=O)C=CC(=O)[C@@H](N)CCSC. The Morgan fingerprint density at radius 3 is 1.48 bits per heavy atom. The minimum Gasteiger partial charge on any atom is -0.387 e. The van der Waals surface area contributed by atoms with Gasteiger partial charge >= 0.3 is 11.9 Å². The van der Waals surface area contributed by atoms with E-state index in [9.17, 15) is 19.2 Å². The number of ether oxygens (including phenoxy) is 1. The molecule has 25 heavy (non-hydrogen) atoms. The third-order valence-electron chi connectivity index (χ3n) is 2.97. The van der Waals surface area contributed by atoms with Gasteiger partial charge < -0.3 is 16.2 Å². The number of carbonyl (C=O) groups is 4. The van der Waals surface area contributed by atoms with E-state index in [-0.39, 0.29) is 0 Å². The molecule has 0 fully saturated rings. The molecule has 0 aromatic rings. The molecule has 2 atom stereocenters. The van der Waals surface area contributed by atoms with Crippen molar-refractivity contribution >= 4 is 47.0 Å². The van der Waals surface area contributed by atoms with Crippen LogP contribution >= 0.6 is 23.5 Å². The van der Waals surface area contributed by atoms with Gasteiger partial charge in [-0.15, -0.1) is 0 Å². The third kappa shape index (κ3) is 11.7. The molecule has 0 bridgehead atoms. The average Bonchev–Trinajstić information content (AvgIpc) is 2.59. The zero-order chi connectivity index (χ0) is 19.2. The first-order valence-corrected chi connectivity index (χ1v) is 10.3. The quantitative estimate of drug-likeness (QED) is 0.278. The molecule has 0 saturated carbocycles. The summed E-state index contributed by atoms with van der Waals surface area (Å²) in [6, 6.07) is -1.40. The molecule has 0 saturated heterocycles. The van der Waals surface area contributed by atoms with Crippen LogP contribution in [0.4, 0.5) is 0 Å². The molecule has 0 rings (SSSR count). The molecule has 7 nitrogen and oxygen atoms in total. The fraction of sp³-hybridized carbons (Fsp3) is 0.500. The van der Waals surface area contributed by atoms with E-state index in [0.29, 0.717) is 12.8 Å². The standard InChI is InChI=1S/C16H24N2O5S2/c1-24-9-7-11(17)13(19)3-5-15(21)23-16(22)6-4-14(20)12(18)8-10-25-2/h3-6,11-12H,7-10,17-18H2,1-2H3/t11-,12-/m0/s1. The predicted molar refractivity (Wildman–Crippen MR) is 101 cm³/mol. The summed E-state index contributed by atoms with van der Waals surface area (Å²) in [5, 5.41) is 0. The molecule has 0 aromatic carbocycles. The highest BCUT2D eigenvalue weighted by Crippen LogP contribution is 2.01. The number of hydrogen-bond acceptors (Lipinski definition) is 9. The molecule has 0 aliphatic rings. The fourth-order valence-corrected chi connectivity index (χ4v) is 2.47. The number of rotatable bonds is 12. The molecule has 0 aliphatic carbocycles. The first-order chi connectivity index (χ1) is 11.8. The first kappa shape index (κ1) is 23.6. The van der Waals surface area contributed by atoms with Gasteiger partial charge in [-0.1, -0.05) is 0 Å². The minimum absolute atomic E-state index is 0.427. The lowest BCUT2D eigenvalue weighted by Crippen LogP contribution is -2.30. The van der Waals surface area contributed by atoms with Crippen LogP contribution in [0.5, 0.6) is 0 Å². The van der Waals surface area contributed by atoms with Gasteiger partial charge in [0.25, 0.3) is 0 Å². The zero-order valence-corrected chi connectivity index (χ0v) is 15.9. The predicted octanol–water partition coefficient (Wildman–Crippen LogP) is 0.468. The van der Waals surface area contributed by atoms with Crippen LogP contribution in [0.25, 0.3) is 0 Å². The number of ketones is 2. The number of thioether (sulfide) groups is 2. The van der Waals surface area contributed by atoms with Crippen LogP contribution in [0.1, 0.15) is 12.8 Å². The summed E-state index contributed by atoms with van der Waals surface area (Å²) in [5.74, 6) is -1.44. The van der Waals surface area contributed by atoms with Crippen LogP contribution in [0.2, 0.25) is 0 Å². The Morgan fingerprint density at radius 2 is 1.16 bits per heavy atom. The van der Waals surface area contributed by atoms with Crippen molar-refractivity contribution in [3.63, 3.8) is 0 Å². The Hall–Kier alpha value is -1.42. The van der Waals surface area contributed by atoms with Crippen LogP contribution in [-0.4, -0.2) is 59.6 Å². The van der Waals surface area contributed by atoms with Gasteiger partial charge in [0.2, 0.25) is 0 Å². The van der Waals surface area contributed by atoms with E-state index >= 15 is 0 Å². The summed E-state index contributed by atoms with van der Waals surface area (Å²) in [4.78, 5) is 46.1. The molecule has 0 spiro atoms. The Labute approximate surface area is 156 Å². The van der Waals surface area contributed by atoms with Crippen LogP contribution in [0.3, 0.4) is 0 Å². The maximum absolute atomic E-state index is 11.6. The van der Waals surface area contributed by atoms with Gasteiger partial charge in [0.1, 0.15) is 0 Å². The lowest BCUT2D eigenvalue weighted by molar-refractivity contribution is -0.152. The highest BCUT2D eigenvalue weighted by molar-refractivity contribution is 7.98. The smallest absolute Gasteiger partial charge is 0.338 e. The third-order valence-corrected chi connectivity index (χ3v) is 4.25. The molecular weight excluding hydrogens is 364 g/mol. The second kappa shape index (κ2) is 13.8. The molecular formula is C16H24N2O5S2. The van der Waals surface area contributed by atoms with Crippen LogP contribution in [0.15, 0.2) is 24.3 Å². The van der Waals surface area contributed by atoms with Gasteiger partial charge in [-0.05, 0) is 49.0 Å². The van der Waals surface area contributed by atoms with Gasteiger partial charge in [0.15, 0.2) is 11.6 Å². The van der Waals surface area contributed by atoms with E-state index in [1.165, 1.54) is 0 Å². The molecule has 4 N–H and O–H groups in total. The molecule has 0 unspecified atom stereocenters. The van der Waals surface area contributed by atoms with Crippen molar-refractivity contribution < 1.29 is 23.9 Å². The van der Waals surface area contributed by atoms with Gasteiger partial charge in [0, 0.05) is 12.2 Å². The average molecular weight is 389 g/mol. The minimum atomic E-state index is -1.01. The van der Waals surface area contributed by atoms with Crippen molar-refractivity contribution in [1.29, 1.82) is 0 Å². The van der Waals surface area contributed by atoms with Crippen molar-refractivity contribution in [2.24, 2.45) is 11.5 Å². The second-order valence-corrected chi connectivity index (χ2v) is 6.96. The number of nitrogens with two attached hydrogens (primary N) is 2. The summed E-state index contributed by atoms with van der Waals surface area (Å²) in [6.45, 7) is 0. The van der Waals surface area contributed by atoms with Crippen LogP contribution in [0, 0.1) is 0 Å². The fourth-order valence-electron chi connectivity index (χ4n) is 1.49. The molecule has 140 valence electrons. The van der Waals surface area contributed by atoms with E-state index in [1.54, 1.807) is 23.5 Å². The summed E-state index contributed by atoms with van der Waals surface area (Å²) >= 11 is 3.11. The summed E-state index contributed by atoms with van der Waals surface area (Å²) in [6.07, 6.45) is 8.38. The first-order valence-electron chi connectivity index (χ1n) is 7.50. The Kier molecular flexibility index (Phi) is 13.0. The Balaban J connectivity index is 4.35. The largest absolute Gasteiger partial charge is 0.387 e. The maximum Gasteiger partial charge on any atom is 0.338 e. The lowest BCUT2D eigenvalue weighted by Gasteiger charge is -2.05. The Bertz CT molecular complexity index is 489. The van der Waals surface area contributed by atoms with E-state index in [1.807, 2.05) is 12.5 Å². The molecule has 0 heterocycles. The van der Waals surface area contributed by atoms with E-state index in [2.05, 4.69) is 4.74 Å². The van der Waals surface area contributed by atoms with E-state index in [0.717, 1.165) is 35.8 Å². The zero-order valence-electron chi connectivity index (χ0n) is 14.3. The summed E-state index contributed by atoms with van der Waals surface area (Å²) in [7, 11) is 0. The van der Waals surface area contributed by atoms with Crippen molar-refractivity contribution in [2.75, 3.05) is 24.0 Å². The van der Waals surface area contributed by atoms with Crippen LogP contribution in [-0.2, 0) is 23.9 Å². The van der Waals surface area contributed by atoms with Gasteiger partial charge in [-0.3, -0.25) is 9.59 Å². The number of carbonyl (C=O) groups excluding carboxylic acids is 4. The van der Waals surface area contributed by atoms with Crippen molar-refractivity contribution in [2.45, 2.75) is 24.9 Å². The van der Waals surface area contributed by atoms with Crippen LogP contribution < -0.4 is 11.5 Å². The van der Waals surface area contributed by atoms with Crippen molar-refractivity contribution in [1.82, 2.24) is 0 Å². The molecule has 0 aromatic heterocycles. The molecule has 0 radical (unpaired) electrons. The number of hydrogen-bond donors (Lipinski definition) is 2. The van der Waals surface area contributed by atoms with E-state index in [4.69, 9.17) is 11.5 Å². The lowest BCUT2D eigenvalue weighted by atomic mass is 10.1. The summed E-state index contributed by atoms with van der Waals surface area (Å²) < 4.78 is 4.43. The van der Waals surface area contributed by atoms with Gasteiger partial charge in [-0.2, -0.15) is 23.5 Å². The second-order valence-electron chi connectivity index (χ2n) is 4.99. The topological polar surface area (TPSA) is 130 Å². The molecule has 0 amide bonds. The van der Waals surface area contributed by atoms with Crippen molar-refractivity contribution in [3.05, 3.63) is 24.3 Å². The monoisotopic (exact) mass is 388 g/mol. The van der Waals surface area contributed by atoms with E-state index < -0.39 is 35.6 Å². The maximum atomic E-state index is 11.6. The van der Waals surface area contributed by atoms with Gasteiger partial charge in [-0.25, -0.2) is 9.59 Å². The van der Waals surface area contributed by atoms with Gasteiger partial charge in [0.05, 0.1) is 12.1 Å². The van der Waals surface area contributed by atoms with Crippen molar-refractivity contribution in [3.8, 4) is 0 Å². The highest BCUT2D eigenvalue weighted by Gasteiger charge is 2.13. The Morgan fingerprint density at radius 1 is 0.800 bits per heavy atom. The normalized spacial score (nSPS) is 13.8.